The van der Waals surface area contributed by atoms with Gasteiger partial charge in [-0.2, -0.15) is 0 Å². The van der Waals surface area contributed by atoms with Crippen LogP contribution < -0.4 is 14.8 Å². The maximum atomic E-state index is 5.45. The Bertz CT molecular complexity index is 375. The van der Waals surface area contributed by atoms with Crippen molar-refractivity contribution in [1.29, 1.82) is 0 Å². The molecule has 1 aliphatic rings. The van der Waals surface area contributed by atoms with E-state index in [4.69, 9.17) is 14.2 Å². The highest BCUT2D eigenvalue weighted by Gasteiger charge is 2.14. The van der Waals surface area contributed by atoms with Crippen molar-refractivity contribution >= 4 is 0 Å². The molecule has 0 bridgehead atoms. The Morgan fingerprint density at radius 1 is 1.33 bits per heavy atom. The minimum absolute atomic E-state index is 0.439. The molecule has 1 unspecified atom stereocenters. The molecule has 100 valence electrons. The normalized spacial score (nSPS) is 19.6. The van der Waals surface area contributed by atoms with Crippen molar-refractivity contribution in [2.45, 2.75) is 25.4 Å². The average Bonchev–Trinajstić information content (AvgIpc) is 2.45. The Morgan fingerprint density at radius 2 is 2.22 bits per heavy atom. The minimum atomic E-state index is 0.439. The molecule has 1 aromatic rings. The molecule has 4 heteroatoms. The lowest BCUT2D eigenvalue weighted by Crippen LogP contribution is -2.36. The van der Waals surface area contributed by atoms with Crippen LogP contribution in [0.3, 0.4) is 0 Å². The Balaban J connectivity index is 1.97. The second kappa shape index (κ2) is 6.61. The number of hydrogen-bond acceptors (Lipinski definition) is 4. The van der Waals surface area contributed by atoms with Gasteiger partial charge in [-0.05, 0) is 31.0 Å². The summed E-state index contributed by atoms with van der Waals surface area (Å²) in [7, 11) is 3.36. The van der Waals surface area contributed by atoms with Gasteiger partial charge in [0.05, 0.1) is 20.8 Å². The fourth-order valence-electron chi connectivity index (χ4n) is 2.18. The molecule has 1 atom stereocenters. The number of nitrogens with one attached hydrogen (secondary N) is 1. The fraction of sp³-hybridized carbons (Fsp3) is 0.571. The summed E-state index contributed by atoms with van der Waals surface area (Å²) in [4.78, 5) is 0. The van der Waals surface area contributed by atoms with E-state index in [9.17, 15) is 0 Å². The lowest BCUT2D eigenvalue weighted by atomic mass is 10.1. The summed E-state index contributed by atoms with van der Waals surface area (Å²) in [6.07, 6.45) is 2.30. The summed E-state index contributed by atoms with van der Waals surface area (Å²) >= 11 is 0. The van der Waals surface area contributed by atoms with E-state index in [-0.39, 0.29) is 0 Å². The van der Waals surface area contributed by atoms with E-state index in [1.165, 1.54) is 6.42 Å². The molecule has 18 heavy (non-hydrogen) atoms. The van der Waals surface area contributed by atoms with Crippen molar-refractivity contribution in [2.24, 2.45) is 0 Å². The molecule has 2 rings (SSSR count). The van der Waals surface area contributed by atoms with Gasteiger partial charge in [0.2, 0.25) is 0 Å². The zero-order valence-corrected chi connectivity index (χ0v) is 11.1. The third-order valence-electron chi connectivity index (χ3n) is 3.23. The zero-order chi connectivity index (χ0) is 12.8. The molecule has 4 nitrogen and oxygen atoms in total. The van der Waals surface area contributed by atoms with Crippen molar-refractivity contribution in [1.82, 2.24) is 5.32 Å². The van der Waals surface area contributed by atoms with Gasteiger partial charge in [0.15, 0.2) is 0 Å². The number of ether oxygens (including phenoxy) is 3. The van der Waals surface area contributed by atoms with Crippen LogP contribution >= 0.6 is 0 Å². The van der Waals surface area contributed by atoms with Crippen LogP contribution in [0.1, 0.15) is 18.4 Å². The van der Waals surface area contributed by atoms with Crippen LogP contribution in [0.2, 0.25) is 0 Å². The standard InChI is InChI=1S/C14H21NO3/c1-16-13-5-6-14(17-2)11(8-13)9-15-12-4-3-7-18-10-12/h5-6,8,12,15H,3-4,7,9-10H2,1-2H3. The highest BCUT2D eigenvalue weighted by Crippen LogP contribution is 2.24. The predicted octanol–water partition coefficient (Wildman–Crippen LogP) is 1.97. The summed E-state index contributed by atoms with van der Waals surface area (Å²) in [5.74, 6) is 1.74. The summed E-state index contributed by atoms with van der Waals surface area (Å²) < 4.78 is 16.0. The maximum Gasteiger partial charge on any atom is 0.123 e. The first kappa shape index (κ1) is 13.2. The second-order valence-corrected chi connectivity index (χ2v) is 4.47. The van der Waals surface area contributed by atoms with Gasteiger partial charge in [-0.3, -0.25) is 0 Å². The SMILES string of the molecule is COc1ccc(OC)c(CNC2CCCOC2)c1. The molecule has 0 spiro atoms. The molecule has 0 saturated carbocycles. The van der Waals surface area contributed by atoms with Gasteiger partial charge in [-0.15, -0.1) is 0 Å². The van der Waals surface area contributed by atoms with Gasteiger partial charge < -0.3 is 19.5 Å². The van der Waals surface area contributed by atoms with Crippen molar-refractivity contribution in [3.63, 3.8) is 0 Å². The summed E-state index contributed by atoms with van der Waals surface area (Å²) in [6, 6.07) is 6.30. The topological polar surface area (TPSA) is 39.7 Å². The van der Waals surface area contributed by atoms with E-state index in [1.807, 2.05) is 18.2 Å². The molecule has 0 amide bonds. The van der Waals surface area contributed by atoms with Gasteiger partial charge in [0.25, 0.3) is 0 Å². The van der Waals surface area contributed by atoms with Gasteiger partial charge in [-0.25, -0.2) is 0 Å². The predicted molar refractivity (Wildman–Crippen MR) is 70.2 cm³/mol. The van der Waals surface area contributed by atoms with E-state index in [0.717, 1.165) is 43.2 Å². The Morgan fingerprint density at radius 3 is 2.89 bits per heavy atom. The molecule has 1 N–H and O–H groups in total. The molecule has 1 saturated heterocycles. The van der Waals surface area contributed by atoms with Crippen LogP contribution in [0.25, 0.3) is 0 Å². The van der Waals surface area contributed by atoms with Crippen LogP contribution in [0.5, 0.6) is 11.5 Å². The van der Waals surface area contributed by atoms with Gasteiger partial charge in [0.1, 0.15) is 11.5 Å². The smallest absolute Gasteiger partial charge is 0.123 e. The fourth-order valence-corrected chi connectivity index (χ4v) is 2.18. The minimum Gasteiger partial charge on any atom is -0.497 e. The third kappa shape index (κ3) is 3.37. The van der Waals surface area contributed by atoms with Crippen LogP contribution in [0.15, 0.2) is 18.2 Å². The third-order valence-corrected chi connectivity index (χ3v) is 3.23. The lowest BCUT2D eigenvalue weighted by Gasteiger charge is -2.23. The number of hydrogen-bond donors (Lipinski definition) is 1. The molecule has 1 heterocycles. The van der Waals surface area contributed by atoms with Crippen LogP contribution in [-0.2, 0) is 11.3 Å². The summed E-state index contributed by atoms with van der Waals surface area (Å²) in [5.41, 5.74) is 1.11. The molecule has 0 radical (unpaired) electrons. The van der Waals surface area contributed by atoms with Crippen LogP contribution in [0.4, 0.5) is 0 Å². The van der Waals surface area contributed by atoms with E-state index in [0.29, 0.717) is 6.04 Å². The second-order valence-electron chi connectivity index (χ2n) is 4.47. The largest absolute Gasteiger partial charge is 0.497 e. The van der Waals surface area contributed by atoms with Gasteiger partial charge in [-0.1, -0.05) is 0 Å². The highest BCUT2D eigenvalue weighted by molar-refractivity contribution is 5.40. The molecule has 1 aromatic carbocycles. The summed E-state index contributed by atoms with van der Waals surface area (Å²) in [6.45, 7) is 2.46. The molecule has 0 aromatic heterocycles. The first-order chi connectivity index (χ1) is 8.83. The number of benzene rings is 1. The molecule has 1 fully saturated rings. The van der Waals surface area contributed by atoms with Gasteiger partial charge in [0, 0.05) is 24.8 Å². The Labute approximate surface area is 108 Å². The first-order valence-corrected chi connectivity index (χ1v) is 6.35. The van der Waals surface area contributed by atoms with Crippen LogP contribution in [0, 0.1) is 0 Å². The number of methoxy groups -OCH3 is 2. The Kier molecular flexibility index (Phi) is 4.84. The lowest BCUT2D eigenvalue weighted by molar-refractivity contribution is 0.0698. The summed E-state index contributed by atoms with van der Waals surface area (Å²) in [5, 5.41) is 3.50. The van der Waals surface area contributed by atoms with Crippen molar-refractivity contribution in [3.8, 4) is 11.5 Å². The molecule has 1 aliphatic heterocycles. The van der Waals surface area contributed by atoms with E-state index in [1.54, 1.807) is 14.2 Å². The van der Waals surface area contributed by atoms with Crippen LogP contribution in [-0.4, -0.2) is 33.5 Å². The molecular weight excluding hydrogens is 230 g/mol. The first-order valence-electron chi connectivity index (χ1n) is 6.35. The molecule has 0 aliphatic carbocycles. The van der Waals surface area contributed by atoms with E-state index in [2.05, 4.69) is 5.32 Å². The maximum absolute atomic E-state index is 5.45. The van der Waals surface area contributed by atoms with E-state index < -0.39 is 0 Å². The monoisotopic (exact) mass is 251 g/mol. The van der Waals surface area contributed by atoms with Crippen molar-refractivity contribution < 1.29 is 14.2 Å². The Hall–Kier alpha value is -1.26. The van der Waals surface area contributed by atoms with Gasteiger partial charge >= 0.3 is 0 Å². The van der Waals surface area contributed by atoms with Crippen molar-refractivity contribution in [3.05, 3.63) is 23.8 Å². The average molecular weight is 251 g/mol. The quantitative estimate of drug-likeness (QED) is 0.868. The van der Waals surface area contributed by atoms with E-state index >= 15 is 0 Å². The zero-order valence-electron chi connectivity index (χ0n) is 11.1. The van der Waals surface area contributed by atoms with Crippen molar-refractivity contribution in [2.75, 3.05) is 27.4 Å². The molecular formula is C14H21NO3. The highest BCUT2D eigenvalue weighted by atomic mass is 16.5. The number of rotatable bonds is 5.